The number of hydrogen-bond donors (Lipinski definition) is 0. The van der Waals surface area contributed by atoms with E-state index in [0.717, 1.165) is 28.0 Å². The third kappa shape index (κ3) is 2.48. The lowest BCUT2D eigenvalue weighted by Crippen LogP contribution is -2.41. The van der Waals surface area contributed by atoms with Gasteiger partial charge in [0.2, 0.25) is 0 Å². The SMILES string of the molecule is Cc1cc(-c2ccc(B3OC(C)(C)C(C)(C)O3)c(C)c2)on1. The monoisotopic (exact) mass is 299 g/mol. The summed E-state index contributed by atoms with van der Waals surface area (Å²) in [6, 6.07) is 8.08. The van der Waals surface area contributed by atoms with Crippen molar-refractivity contribution in [1.82, 2.24) is 5.16 Å². The highest BCUT2D eigenvalue weighted by atomic mass is 16.7. The predicted molar refractivity (Wildman–Crippen MR) is 87.1 cm³/mol. The minimum absolute atomic E-state index is 0.329. The molecule has 22 heavy (non-hydrogen) atoms. The second-order valence-corrected chi connectivity index (χ2v) is 6.99. The zero-order valence-electron chi connectivity index (χ0n) is 14.1. The van der Waals surface area contributed by atoms with Crippen molar-refractivity contribution in [3.63, 3.8) is 0 Å². The van der Waals surface area contributed by atoms with Crippen LogP contribution < -0.4 is 5.46 Å². The van der Waals surface area contributed by atoms with Gasteiger partial charge in [0, 0.05) is 11.6 Å². The summed E-state index contributed by atoms with van der Waals surface area (Å²) < 4.78 is 17.6. The van der Waals surface area contributed by atoms with E-state index in [1.165, 1.54) is 0 Å². The van der Waals surface area contributed by atoms with Crippen molar-refractivity contribution in [3.05, 3.63) is 35.5 Å². The fraction of sp³-hybridized carbons (Fsp3) is 0.471. The molecule has 1 aromatic carbocycles. The zero-order valence-corrected chi connectivity index (χ0v) is 14.1. The Morgan fingerprint density at radius 2 is 1.59 bits per heavy atom. The van der Waals surface area contributed by atoms with E-state index in [1.54, 1.807) is 0 Å². The molecule has 1 fully saturated rings. The van der Waals surface area contributed by atoms with E-state index in [-0.39, 0.29) is 18.3 Å². The summed E-state index contributed by atoms with van der Waals surface area (Å²) in [6.45, 7) is 12.2. The Kier molecular flexibility index (Phi) is 3.46. The molecule has 0 saturated carbocycles. The van der Waals surface area contributed by atoms with Crippen LogP contribution in [0.2, 0.25) is 0 Å². The average molecular weight is 299 g/mol. The van der Waals surface area contributed by atoms with Crippen LogP contribution in [-0.2, 0) is 9.31 Å². The molecule has 0 unspecified atom stereocenters. The van der Waals surface area contributed by atoms with Gasteiger partial charge in [0.1, 0.15) is 0 Å². The molecule has 116 valence electrons. The van der Waals surface area contributed by atoms with Gasteiger partial charge in [-0.15, -0.1) is 0 Å². The maximum atomic E-state index is 6.12. The Labute approximate surface area is 131 Å². The highest BCUT2D eigenvalue weighted by molar-refractivity contribution is 6.62. The van der Waals surface area contributed by atoms with Gasteiger partial charge in [-0.3, -0.25) is 0 Å². The zero-order chi connectivity index (χ0) is 16.1. The minimum atomic E-state index is -0.337. The molecule has 1 aromatic heterocycles. The Balaban J connectivity index is 1.91. The van der Waals surface area contributed by atoms with Crippen molar-refractivity contribution >= 4 is 12.6 Å². The molecule has 1 aliphatic heterocycles. The third-order valence-corrected chi connectivity index (χ3v) is 4.69. The van der Waals surface area contributed by atoms with Crippen molar-refractivity contribution in [2.45, 2.75) is 52.7 Å². The predicted octanol–water partition coefficient (Wildman–Crippen LogP) is 3.26. The highest BCUT2D eigenvalue weighted by Gasteiger charge is 2.52. The second kappa shape index (κ2) is 4.96. The summed E-state index contributed by atoms with van der Waals surface area (Å²) in [5.74, 6) is 0.779. The van der Waals surface area contributed by atoms with E-state index in [4.69, 9.17) is 13.8 Å². The van der Waals surface area contributed by atoms with Crippen molar-refractivity contribution in [2.24, 2.45) is 0 Å². The maximum Gasteiger partial charge on any atom is 0.495 e. The molecule has 0 N–H and O–H groups in total. The highest BCUT2D eigenvalue weighted by Crippen LogP contribution is 2.36. The molecule has 1 aliphatic rings. The first-order valence-electron chi connectivity index (χ1n) is 7.59. The maximum absolute atomic E-state index is 6.12. The van der Waals surface area contributed by atoms with Crippen LogP contribution in [0.25, 0.3) is 11.3 Å². The van der Waals surface area contributed by atoms with E-state index < -0.39 is 0 Å². The first-order valence-corrected chi connectivity index (χ1v) is 7.59. The van der Waals surface area contributed by atoms with Crippen LogP contribution in [0.3, 0.4) is 0 Å². The number of hydrogen-bond acceptors (Lipinski definition) is 4. The van der Waals surface area contributed by atoms with Gasteiger partial charge in [-0.25, -0.2) is 0 Å². The molecule has 0 spiro atoms. The Morgan fingerprint density at radius 1 is 0.955 bits per heavy atom. The lowest BCUT2D eigenvalue weighted by Gasteiger charge is -2.32. The summed E-state index contributed by atoms with van der Waals surface area (Å²) in [6.07, 6.45) is 0. The van der Waals surface area contributed by atoms with Gasteiger partial charge in [-0.1, -0.05) is 22.9 Å². The van der Waals surface area contributed by atoms with E-state index in [0.29, 0.717) is 0 Å². The van der Waals surface area contributed by atoms with Gasteiger partial charge in [0.15, 0.2) is 5.76 Å². The normalized spacial score (nSPS) is 19.6. The van der Waals surface area contributed by atoms with E-state index in [9.17, 15) is 0 Å². The Morgan fingerprint density at radius 3 is 2.09 bits per heavy atom. The van der Waals surface area contributed by atoms with Crippen LogP contribution in [0.4, 0.5) is 0 Å². The molecule has 0 radical (unpaired) electrons. The molecular formula is C17H22BNO3. The second-order valence-electron chi connectivity index (χ2n) is 6.99. The fourth-order valence-electron chi connectivity index (χ4n) is 2.56. The quantitative estimate of drug-likeness (QED) is 0.798. The molecule has 3 rings (SSSR count). The lowest BCUT2D eigenvalue weighted by molar-refractivity contribution is 0.00578. The molecule has 0 aliphatic carbocycles. The Hall–Kier alpha value is -1.59. The van der Waals surface area contributed by atoms with Gasteiger partial charge >= 0.3 is 7.12 Å². The molecule has 5 heteroatoms. The number of nitrogens with zero attached hydrogens (tertiary/aromatic N) is 1. The smallest absolute Gasteiger partial charge is 0.399 e. The number of aromatic nitrogens is 1. The van der Waals surface area contributed by atoms with Crippen LogP contribution in [0, 0.1) is 13.8 Å². The van der Waals surface area contributed by atoms with Crippen molar-refractivity contribution in [2.75, 3.05) is 0 Å². The van der Waals surface area contributed by atoms with Crippen molar-refractivity contribution < 1.29 is 13.8 Å². The van der Waals surface area contributed by atoms with Gasteiger partial charge in [0.25, 0.3) is 0 Å². The summed E-state index contributed by atoms with van der Waals surface area (Å²) in [5, 5.41) is 3.94. The van der Waals surface area contributed by atoms with Gasteiger partial charge in [-0.2, -0.15) is 0 Å². The first kappa shape index (κ1) is 15.3. The fourth-order valence-corrected chi connectivity index (χ4v) is 2.56. The van der Waals surface area contributed by atoms with E-state index >= 15 is 0 Å². The lowest BCUT2D eigenvalue weighted by atomic mass is 9.75. The van der Waals surface area contributed by atoms with Gasteiger partial charge in [-0.05, 0) is 53.1 Å². The molecule has 0 amide bonds. The van der Waals surface area contributed by atoms with E-state index in [1.807, 2.05) is 25.1 Å². The van der Waals surface area contributed by atoms with Crippen LogP contribution in [0.1, 0.15) is 39.0 Å². The topological polar surface area (TPSA) is 44.5 Å². The largest absolute Gasteiger partial charge is 0.495 e. The van der Waals surface area contributed by atoms with Crippen LogP contribution in [0.15, 0.2) is 28.8 Å². The van der Waals surface area contributed by atoms with E-state index in [2.05, 4.69) is 45.8 Å². The summed E-state index contributed by atoms with van der Waals surface area (Å²) in [4.78, 5) is 0. The average Bonchev–Trinajstić information content (AvgIpc) is 2.91. The number of rotatable bonds is 2. The van der Waals surface area contributed by atoms with Crippen LogP contribution in [0.5, 0.6) is 0 Å². The molecule has 2 heterocycles. The summed E-state index contributed by atoms with van der Waals surface area (Å²) >= 11 is 0. The summed E-state index contributed by atoms with van der Waals surface area (Å²) in [5.41, 5.74) is 3.40. The standard InChI is InChI=1S/C17H22BNO3/c1-11-9-13(15-10-12(2)19-20-15)7-8-14(11)18-21-16(3,4)17(5,6)22-18/h7-10H,1-6H3. The van der Waals surface area contributed by atoms with Crippen molar-refractivity contribution in [1.29, 1.82) is 0 Å². The minimum Gasteiger partial charge on any atom is -0.399 e. The first-order chi connectivity index (χ1) is 10.2. The third-order valence-electron chi connectivity index (χ3n) is 4.69. The van der Waals surface area contributed by atoms with Crippen LogP contribution >= 0.6 is 0 Å². The Bertz CT molecular complexity index is 690. The molecule has 1 saturated heterocycles. The molecule has 2 aromatic rings. The molecule has 0 bridgehead atoms. The number of benzene rings is 1. The molecule has 4 nitrogen and oxygen atoms in total. The van der Waals surface area contributed by atoms with Gasteiger partial charge in [0.05, 0.1) is 16.9 Å². The van der Waals surface area contributed by atoms with Crippen molar-refractivity contribution in [3.8, 4) is 11.3 Å². The summed E-state index contributed by atoms with van der Waals surface area (Å²) in [7, 11) is -0.337. The van der Waals surface area contributed by atoms with Crippen LogP contribution in [-0.4, -0.2) is 23.5 Å². The van der Waals surface area contributed by atoms with Gasteiger partial charge < -0.3 is 13.8 Å². The molecular weight excluding hydrogens is 277 g/mol. The number of aryl methyl sites for hydroxylation is 2. The molecule has 0 atom stereocenters.